The fourth-order valence-electron chi connectivity index (χ4n) is 1.53. The first-order chi connectivity index (χ1) is 7.16. The van der Waals surface area contributed by atoms with Gasteiger partial charge in [0.15, 0.2) is 0 Å². The van der Waals surface area contributed by atoms with E-state index in [1.54, 1.807) is 0 Å². The molecule has 3 nitrogen and oxygen atoms in total. The maximum absolute atomic E-state index is 10.1. The van der Waals surface area contributed by atoms with Crippen molar-refractivity contribution in [1.82, 2.24) is 4.90 Å². The Balaban J connectivity index is 0.00000225. The SMILES string of the molecule is C[C@@H]([C@H](O)c1ccccc1)N(C)CCO.Cl. The van der Waals surface area contributed by atoms with E-state index >= 15 is 0 Å². The largest absolute Gasteiger partial charge is 0.395 e. The summed E-state index contributed by atoms with van der Waals surface area (Å²) in [6.07, 6.45) is -0.511. The minimum Gasteiger partial charge on any atom is -0.395 e. The highest BCUT2D eigenvalue weighted by Gasteiger charge is 2.19. The lowest BCUT2D eigenvalue weighted by Crippen LogP contribution is -2.36. The van der Waals surface area contributed by atoms with Crippen LogP contribution >= 0.6 is 12.4 Å². The highest BCUT2D eigenvalue weighted by atomic mass is 35.5. The van der Waals surface area contributed by atoms with Gasteiger partial charge in [0.2, 0.25) is 0 Å². The van der Waals surface area contributed by atoms with E-state index in [0.29, 0.717) is 6.54 Å². The van der Waals surface area contributed by atoms with Crippen LogP contribution in [0.5, 0.6) is 0 Å². The molecule has 0 fully saturated rings. The van der Waals surface area contributed by atoms with Crippen LogP contribution < -0.4 is 0 Å². The molecule has 0 aromatic heterocycles. The van der Waals surface area contributed by atoms with Crippen molar-refractivity contribution in [3.8, 4) is 0 Å². The number of aliphatic hydroxyl groups excluding tert-OH is 2. The van der Waals surface area contributed by atoms with Crippen molar-refractivity contribution in [3.63, 3.8) is 0 Å². The van der Waals surface area contributed by atoms with Gasteiger partial charge in [0.1, 0.15) is 0 Å². The Morgan fingerprint density at radius 2 is 1.81 bits per heavy atom. The lowest BCUT2D eigenvalue weighted by molar-refractivity contribution is 0.0632. The van der Waals surface area contributed by atoms with E-state index < -0.39 is 6.10 Å². The van der Waals surface area contributed by atoms with Gasteiger partial charge in [-0.1, -0.05) is 30.3 Å². The molecule has 0 aliphatic rings. The molecule has 1 rings (SSSR count). The Labute approximate surface area is 103 Å². The number of nitrogens with zero attached hydrogens (tertiary/aromatic N) is 1. The van der Waals surface area contributed by atoms with Crippen molar-refractivity contribution < 1.29 is 10.2 Å². The quantitative estimate of drug-likeness (QED) is 0.826. The van der Waals surface area contributed by atoms with Crippen LogP contribution in [0.1, 0.15) is 18.6 Å². The third kappa shape index (κ3) is 4.10. The van der Waals surface area contributed by atoms with E-state index in [9.17, 15) is 5.11 Å². The van der Waals surface area contributed by atoms with Gasteiger partial charge in [0, 0.05) is 12.6 Å². The van der Waals surface area contributed by atoms with Gasteiger partial charge in [-0.15, -0.1) is 12.4 Å². The molecule has 0 bridgehead atoms. The van der Waals surface area contributed by atoms with Gasteiger partial charge in [0.25, 0.3) is 0 Å². The number of benzene rings is 1. The van der Waals surface area contributed by atoms with E-state index in [1.807, 2.05) is 49.2 Å². The zero-order valence-corrected chi connectivity index (χ0v) is 10.5. The molecule has 0 radical (unpaired) electrons. The van der Waals surface area contributed by atoms with Crippen molar-refractivity contribution in [2.45, 2.75) is 19.1 Å². The molecule has 4 heteroatoms. The lowest BCUT2D eigenvalue weighted by Gasteiger charge is -2.28. The molecular weight excluding hydrogens is 226 g/mol. The predicted molar refractivity (Wildman–Crippen MR) is 67.8 cm³/mol. The topological polar surface area (TPSA) is 43.7 Å². The molecule has 0 aliphatic heterocycles. The van der Waals surface area contributed by atoms with Crippen LogP contribution in [0, 0.1) is 0 Å². The fourth-order valence-corrected chi connectivity index (χ4v) is 1.53. The summed E-state index contributed by atoms with van der Waals surface area (Å²) in [7, 11) is 1.90. The van der Waals surface area contributed by atoms with E-state index in [4.69, 9.17) is 5.11 Å². The second-order valence-electron chi connectivity index (χ2n) is 3.80. The van der Waals surface area contributed by atoms with Crippen LogP contribution in [0.25, 0.3) is 0 Å². The normalized spacial score (nSPS) is 14.3. The van der Waals surface area contributed by atoms with Crippen LogP contribution in [0.15, 0.2) is 30.3 Å². The average Bonchev–Trinajstić information content (AvgIpc) is 2.28. The van der Waals surface area contributed by atoms with Gasteiger partial charge in [-0.3, -0.25) is 4.90 Å². The van der Waals surface area contributed by atoms with E-state index in [2.05, 4.69) is 0 Å². The van der Waals surface area contributed by atoms with Gasteiger partial charge in [-0.05, 0) is 19.5 Å². The van der Waals surface area contributed by atoms with E-state index in [0.717, 1.165) is 5.56 Å². The van der Waals surface area contributed by atoms with Gasteiger partial charge in [-0.2, -0.15) is 0 Å². The van der Waals surface area contributed by atoms with Crippen LogP contribution in [0.3, 0.4) is 0 Å². The summed E-state index contributed by atoms with van der Waals surface area (Å²) >= 11 is 0. The fraction of sp³-hybridized carbons (Fsp3) is 0.500. The summed E-state index contributed by atoms with van der Waals surface area (Å²) in [6.45, 7) is 2.64. The van der Waals surface area contributed by atoms with Crippen LogP contribution in [0.4, 0.5) is 0 Å². The number of likely N-dealkylation sites (N-methyl/N-ethyl adjacent to an activating group) is 1. The molecule has 0 amide bonds. The standard InChI is InChI=1S/C12H19NO2.ClH/c1-10(13(2)8-9-14)12(15)11-6-4-3-5-7-11;/h3-7,10,12,14-15H,8-9H2,1-2H3;1H/t10-,12-;/m0./s1. The maximum atomic E-state index is 10.1. The second-order valence-corrected chi connectivity index (χ2v) is 3.80. The summed E-state index contributed by atoms with van der Waals surface area (Å²) in [4.78, 5) is 1.94. The number of hydrogen-bond donors (Lipinski definition) is 2. The van der Waals surface area contributed by atoms with Crippen molar-refractivity contribution in [2.75, 3.05) is 20.2 Å². The minimum absolute atomic E-state index is 0. The Bertz CT molecular complexity index is 282. The molecule has 0 aliphatic carbocycles. The molecule has 0 saturated carbocycles. The molecule has 0 saturated heterocycles. The molecule has 2 N–H and O–H groups in total. The maximum Gasteiger partial charge on any atom is 0.0942 e. The minimum atomic E-state index is -0.511. The Kier molecular flexibility index (Phi) is 7.34. The molecule has 1 aromatic rings. The first kappa shape index (κ1) is 15.4. The lowest BCUT2D eigenvalue weighted by atomic mass is 10.0. The highest BCUT2D eigenvalue weighted by Crippen LogP contribution is 2.19. The highest BCUT2D eigenvalue weighted by molar-refractivity contribution is 5.85. The molecule has 1 aromatic carbocycles. The number of halogens is 1. The van der Waals surface area contributed by atoms with Crippen molar-refractivity contribution in [2.24, 2.45) is 0 Å². The van der Waals surface area contributed by atoms with Gasteiger partial charge >= 0.3 is 0 Å². The van der Waals surface area contributed by atoms with Gasteiger partial charge < -0.3 is 10.2 Å². The van der Waals surface area contributed by atoms with Gasteiger partial charge in [0.05, 0.1) is 12.7 Å². The first-order valence-electron chi connectivity index (χ1n) is 5.21. The van der Waals surface area contributed by atoms with E-state index in [-0.39, 0.29) is 25.1 Å². The Morgan fingerprint density at radius 1 is 1.25 bits per heavy atom. The number of hydrogen-bond acceptors (Lipinski definition) is 3. The number of aliphatic hydroxyl groups is 2. The number of rotatable bonds is 5. The molecule has 0 unspecified atom stereocenters. The molecule has 2 atom stereocenters. The Morgan fingerprint density at radius 3 is 2.31 bits per heavy atom. The summed E-state index contributed by atoms with van der Waals surface area (Å²) in [5.41, 5.74) is 0.912. The average molecular weight is 246 g/mol. The van der Waals surface area contributed by atoms with Crippen molar-refractivity contribution >= 4 is 12.4 Å². The predicted octanol–water partition coefficient (Wildman–Crippen LogP) is 1.45. The summed E-state index contributed by atoms with van der Waals surface area (Å²) in [6, 6.07) is 9.58. The molecule has 0 heterocycles. The van der Waals surface area contributed by atoms with Crippen LogP contribution in [0.2, 0.25) is 0 Å². The monoisotopic (exact) mass is 245 g/mol. The Hall–Kier alpha value is -0.610. The van der Waals surface area contributed by atoms with Crippen molar-refractivity contribution in [1.29, 1.82) is 0 Å². The molecule has 92 valence electrons. The summed E-state index contributed by atoms with van der Waals surface area (Å²) in [5, 5.41) is 18.9. The third-order valence-electron chi connectivity index (χ3n) is 2.75. The zero-order valence-electron chi connectivity index (χ0n) is 9.71. The van der Waals surface area contributed by atoms with Crippen LogP contribution in [-0.2, 0) is 0 Å². The molecule has 0 spiro atoms. The molecule has 16 heavy (non-hydrogen) atoms. The van der Waals surface area contributed by atoms with Crippen LogP contribution in [-0.4, -0.2) is 41.4 Å². The molecular formula is C12H20ClNO2. The van der Waals surface area contributed by atoms with Crippen molar-refractivity contribution in [3.05, 3.63) is 35.9 Å². The van der Waals surface area contributed by atoms with E-state index in [1.165, 1.54) is 0 Å². The second kappa shape index (κ2) is 7.63. The summed E-state index contributed by atoms with van der Waals surface area (Å²) in [5.74, 6) is 0. The summed E-state index contributed by atoms with van der Waals surface area (Å²) < 4.78 is 0. The van der Waals surface area contributed by atoms with Gasteiger partial charge in [-0.25, -0.2) is 0 Å². The zero-order chi connectivity index (χ0) is 11.3. The smallest absolute Gasteiger partial charge is 0.0942 e. The third-order valence-corrected chi connectivity index (χ3v) is 2.75. The first-order valence-corrected chi connectivity index (χ1v) is 5.21.